The van der Waals surface area contributed by atoms with Crippen LogP contribution in [-0.4, -0.2) is 48.7 Å². The lowest BCUT2D eigenvalue weighted by Gasteiger charge is -2.15. The number of carbonyl (C=O) groups excluding carboxylic acids is 2. The summed E-state index contributed by atoms with van der Waals surface area (Å²) in [4.78, 5) is 27.6. The number of aromatic nitrogens is 1. The molecule has 3 aromatic rings. The summed E-state index contributed by atoms with van der Waals surface area (Å²) in [5.74, 6) is -1.44. The lowest BCUT2D eigenvalue weighted by molar-refractivity contribution is -0.129. The molecule has 1 aliphatic heterocycles. The summed E-state index contributed by atoms with van der Waals surface area (Å²) in [7, 11) is -3.85. The van der Waals surface area contributed by atoms with Gasteiger partial charge in [-0.3, -0.25) is 4.79 Å². The number of hydrogen-bond acceptors (Lipinski definition) is 8. The van der Waals surface area contributed by atoms with Crippen LogP contribution in [0.1, 0.15) is 10.3 Å². The maximum Gasteiger partial charge on any atom is 0.339 e. The SMILES string of the molecule is CS(=O)(=O)C(C1=NN(C(N)=O)C(C(N)=O)O1)c1nc2ccc(-c3ccccc3)cc2s1. The summed E-state index contributed by atoms with van der Waals surface area (Å²) in [5, 5.41) is 3.06. The van der Waals surface area contributed by atoms with Gasteiger partial charge in [-0.1, -0.05) is 36.4 Å². The number of hydrazone groups is 1. The number of nitrogens with zero attached hydrogens (tertiary/aromatic N) is 3. The highest BCUT2D eigenvalue weighted by Crippen LogP contribution is 2.35. The monoisotopic (exact) mass is 459 g/mol. The molecule has 0 spiro atoms. The molecule has 0 aliphatic carbocycles. The van der Waals surface area contributed by atoms with E-state index in [9.17, 15) is 18.0 Å². The van der Waals surface area contributed by atoms with Gasteiger partial charge in [-0.2, -0.15) is 5.01 Å². The Morgan fingerprint density at radius 1 is 1.13 bits per heavy atom. The number of amides is 3. The Balaban J connectivity index is 1.78. The Bertz CT molecular complexity index is 1320. The van der Waals surface area contributed by atoms with E-state index in [1.165, 1.54) is 0 Å². The second-order valence-electron chi connectivity index (χ2n) is 6.80. The molecular formula is C19H17N5O5S2. The van der Waals surface area contributed by atoms with Gasteiger partial charge in [0.1, 0.15) is 5.01 Å². The molecule has 0 saturated carbocycles. The maximum atomic E-state index is 12.6. The van der Waals surface area contributed by atoms with Crippen LogP contribution in [0.5, 0.6) is 0 Å². The Morgan fingerprint density at radius 2 is 1.84 bits per heavy atom. The van der Waals surface area contributed by atoms with Gasteiger partial charge in [0, 0.05) is 6.26 Å². The molecule has 0 fully saturated rings. The third-order valence-electron chi connectivity index (χ3n) is 4.52. The molecule has 0 saturated heterocycles. The van der Waals surface area contributed by atoms with Crippen molar-refractivity contribution >= 4 is 49.2 Å². The first-order valence-corrected chi connectivity index (χ1v) is 11.7. The van der Waals surface area contributed by atoms with E-state index in [0.717, 1.165) is 33.4 Å². The van der Waals surface area contributed by atoms with E-state index in [0.29, 0.717) is 10.5 Å². The summed E-state index contributed by atoms with van der Waals surface area (Å²) in [6.07, 6.45) is -0.646. The number of hydrogen-bond donors (Lipinski definition) is 2. The third-order valence-corrected chi connectivity index (χ3v) is 7.03. The average Bonchev–Trinajstić information content (AvgIpc) is 3.31. The van der Waals surface area contributed by atoms with Gasteiger partial charge in [0.25, 0.3) is 12.1 Å². The number of urea groups is 1. The van der Waals surface area contributed by atoms with E-state index in [1.54, 1.807) is 6.07 Å². The molecule has 0 radical (unpaired) electrons. The van der Waals surface area contributed by atoms with E-state index < -0.39 is 39.2 Å². The van der Waals surface area contributed by atoms with Gasteiger partial charge < -0.3 is 16.2 Å². The van der Waals surface area contributed by atoms with Crippen LogP contribution < -0.4 is 11.5 Å². The summed E-state index contributed by atoms with van der Waals surface area (Å²) >= 11 is 1.15. The van der Waals surface area contributed by atoms with Crippen molar-refractivity contribution in [2.45, 2.75) is 11.5 Å². The molecule has 10 nitrogen and oxygen atoms in total. The minimum absolute atomic E-state index is 0.177. The van der Waals surface area contributed by atoms with Crippen LogP contribution in [0.3, 0.4) is 0 Å². The van der Waals surface area contributed by atoms with Gasteiger partial charge in [-0.05, 0) is 23.3 Å². The fraction of sp³-hybridized carbons (Fsp3) is 0.158. The van der Waals surface area contributed by atoms with Crippen molar-refractivity contribution in [1.29, 1.82) is 0 Å². The molecule has 12 heteroatoms. The minimum atomic E-state index is -3.85. The Kier molecular flexibility index (Phi) is 5.11. The maximum absolute atomic E-state index is 12.6. The highest BCUT2D eigenvalue weighted by molar-refractivity contribution is 7.91. The molecule has 0 bridgehead atoms. The van der Waals surface area contributed by atoms with Crippen LogP contribution >= 0.6 is 11.3 Å². The van der Waals surface area contributed by atoms with Crippen LogP contribution in [0.15, 0.2) is 53.6 Å². The molecule has 1 aliphatic rings. The smallest absolute Gasteiger partial charge is 0.339 e. The van der Waals surface area contributed by atoms with Gasteiger partial charge in [-0.25, -0.2) is 18.2 Å². The summed E-state index contributed by atoms with van der Waals surface area (Å²) < 4.78 is 31.3. The summed E-state index contributed by atoms with van der Waals surface area (Å²) in [5.41, 5.74) is 13.0. The van der Waals surface area contributed by atoms with E-state index >= 15 is 0 Å². The lowest BCUT2D eigenvalue weighted by atomic mass is 10.1. The fourth-order valence-electron chi connectivity index (χ4n) is 3.14. The quantitative estimate of drug-likeness (QED) is 0.589. The van der Waals surface area contributed by atoms with Crippen LogP contribution in [-0.2, 0) is 19.4 Å². The molecule has 2 unspecified atom stereocenters. The van der Waals surface area contributed by atoms with Crippen LogP contribution in [0.2, 0.25) is 0 Å². The zero-order valence-corrected chi connectivity index (χ0v) is 17.8. The number of thiazole rings is 1. The van der Waals surface area contributed by atoms with Gasteiger partial charge in [0.2, 0.25) is 5.90 Å². The van der Waals surface area contributed by atoms with E-state index in [4.69, 9.17) is 16.2 Å². The molecule has 160 valence electrons. The molecule has 4 N–H and O–H groups in total. The largest absolute Gasteiger partial charge is 0.442 e. The molecule has 2 atom stereocenters. The van der Waals surface area contributed by atoms with Crippen molar-refractivity contribution in [1.82, 2.24) is 9.99 Å². The van der Waals surface area contributed by atoms with E-state index in [2.05, 4.69) is 10.1 Å². The minimum Gasteiger partial charge on any atom is -0.442 e. The highest BCUT2D eigenvalue weighted by atomic mass is 32.2. The Hall–Kier alpha value is -3.51. The van der Waals surface area contributed by atoms with Gasteiger partial charge in [-0.15, -0.1) is 16.4 Å². The highest BCUT2D eigenvalue weighted by Gasteiger charge is 2.44. The van der Waals surface area contributed by atoms with Gasteiger partial charge in [0.15, 0.2) is 15.1 Å². The van der Waals surface area contributed by atoms with Crippen molar-refractivity contribution in [3.05, 3.63) is 53.5 Å². The van der Waals surface area contributed by atoms with Gasteiger partial charge in [0.05, 0.1) is 10.2 Å². The number of primary amides is 2. The summed E-state index contributed by atoms with van der Waals surface area (Å²) in [6, 6.07) is 14.2. The number of fused-ring (bicyclic) bond motifs is 1. The number of nitrogens with two attached hydrogens (primary N) is 2. The molecule has 3 amide bonds. The topological polar surface area (TPSA) is 158 Å². The number of sulfone groups is 1. The van der Waals surface area contributed by atoms with Crippen LogP contribution in [0.25, 0.3) is 21.3 Å². The van der Waals surface area contributed by atoms with E-state index in [1.807, 2.05) is 42.5 Å². The molecule has 31 heavy (non-hydrogen) atoms. The van der Waals surface area contributed by atoms with Crippen molar-refractivity contribution < 1.29 is 22.7 Å². The van der Waals surface area contributed by atoms with Crippen molar-refractivity contribution in [2.75, 3.05) is 6.26 Å². The summed E-state index contributed by atoms with van der Waals surface area (Å²) in [6.45, 7) is 0. The van der Waals surface area contributed by atoms with Crippen LogP contribution in [0, 0.1) is 0 Å². The molecule has 2 aromatic carbocycles. The van der Waals surface area contributed by atoms with Crippen molar-refractivity contribution in [3.8, 4) is 11.1 Å². The standard InChI is InChI=1S/C19H17N5O5S2/c1-31(27,28)14(16-23-24(19(21)26)18(29-16)15(20)25)17-22-12-8-7-11(9-13(12)30-17)10-5-3-2-4-6-10/h2-9,14,18H,1H3,(H2,20,25)(H2,21,26). The molecular weight excluding hydrogens is 442 g/mol. The zero-order valence-electron chi connectivity index (χ0n) is 16.1. The molecule has 4 rings (SSSR count). The first-order valence-electron chi connectivity index (χ1n) is 8.93. The second kappa shape index (κ2) is 7.63. The van der Waals surface area contributed by atoms with Gasteiger partial charge >= 0.3 is 6.03 Å². The average molecular weight is 460 g/mol. The fourth-order valence-corrected chi connectivity index (χ4v) is 5.68. The number of ether oxygens (including phenoxy) is 1. The predicted octanol–water partition coefficient (Wildman–Crippen LogP) is 1.58. The second-order valence-corrected chi connectivity index (χ2v) is 10.00. The normalized spacial score (nSPS) is 17.3. The zero-order chi connectivity index (χ0) is 22.3. The number of benzene rings is 2. The first-order chi connectivity index (χ1) is 14.6. The lowest BCUT2D eigenvalue weighted by Crippen LogP contribution is -2.45. The Morgan fingerprint density at radius 3 is 2.42 bits per heavy atom. The molecule has 2 heterocycles. The number of rotatable bonds is 5. The van der Waals surface area contributed by atoms with E-state index in [-0.39, 0.29) is 5.01 Å². The Labute approximate surface area is 181 Å². The van der Waals surface area contributed by atoms with Crippen molar-refractivity contribution in [2.24, 2.45) is 16.6 Å². The molecule has 1 aromatic heterocycles. The first kappa shape index (κ1) is 20.8. The van der Waals surface area contributed by atoms with Crippen molar-refractivity contribution in [3.63, 3.8) is 0 Å². The number of carbonyl (C=O) groups is 2. The predicted molar refractivity (Wildman–Crippen MR) is 116 cm³/mol. The van der Waals surface area contributed by atoms with Crippen LogP contribution in [0.4, 0.5) is 4.79 Å². The third kappa shape index (κ3) is 3.94.